The van der Waals surface area contributed by atoms with Crippen LogP contribution in [0.2, 0.25) is 0 Å². The Morgan fingerprint density at radius 2 is 2.25 bits per heavy atom. The second kappa shape index (κ2) is 3.56. The van der Waals surface area contributed by atoms with Crippen LogP contribution in [-0.4, -0.2) is 4.98 Å². The monoisotopic (exact) mass is 181 g/mol. The fourth-order valence-electron chi connectivity index (χ4n) is 1.85. The van der Waals surface area contributed by atoms with E-state index in [9.17, 15) is 0 Å². The lowest BCUT2D eigenvalue weighted by Gasteiger charge is -2.02. The average molecular weight is 181 g/mol. The molecule has 0 radical (unpaired) electrons. The second-order valence-electron chi connectivity index (χ2n) is 3.51. The minimum atomic E-state index is 0.801. The van der Waals surface area contributed by atoms with Gasteiger partial charge in [0.1, 0.15) is 0 Å². The molecule has 1 saturated carbocycles. The lowest BCUT2D eigenvalue weighted by atomic mass is 10.1. The van der Waals surface area contributed by atoms with Crippen molar-refractivity contribution in [2.45, 2.75) is 44.9 Å². The number of hydrogen-bond donors (Lipinski definition) is 0. The highest BCUT2D eigenvalue weighted by Crippen LogP contribution is 2.35. The summed E-state index contributed by atoms with van der Waals surface area (Å²) in [4.78, 5) is 4.63. The third-order valence-corrected chi connectivity index (χ3v) is 3.69. The Morgan fingerprint density at radius 3 is 2.83 bits per heavy atom. The van der Waals surface area contributed by atoms with Crippen molar-refractivity contribution in [3.63, 3.8) is 0 Å². The van der Waals surface area contributed by atoms with Gasteiger partial charge in [0.25, 0.3) is 0 Å². The van der Waals surface area contributed by atoms with Crippen molar-refractivity contribution < 1.29 is 0 Å². The van der Waals surface area contributed by atoms with E-state index in [1.807, 2.05) is 11.3 Å². The van der Waals surface area contributed by atoms with E-state index in [0.29, 0.717) is 0 Å². The third kappa shape index (κ3) is 1.53. The lowest BCUT2D eigenvalue weighted by molar-refractivity contribution is 0.712. The normalized spacial score (nSPS) is 18.8. The lowest BCUT2D eigenvalue weighted by Crippen LogP contribution is -1.91. The number of thiazole rings is 1. The van der Waals surface area contributed by atoms with Crippen molar-refractivity contribution in [1.82, 2.24) is 4.98 Å². The van der Waals surface area contributed by atoms with Crippen molar-refractivity contribution in [3.05, 3.63) is 16.1 Å². The zero-order valence-electron chi connectivity index (χ0n) is 7.55. The van der Waals surface area contributed by atoms with Crippen molar-refractivity contribution in [3.8, 4) is 0 Å². The van der Waals surface area contributed by atoms with Crippen molar-refractivity contribution in [1.29, 1.82) is 0 Å². The molecule has 0 unspecified atom stereocenters. The summed E-state index contributed by atoms with van der Waals surface area (Å²) in [5, 5.41) is 3.61. The van der Waals surface area contributed by atoms with E-state index in [-0.39, 0.29) is 0 Å². The molecule has 0 amide bonds. The summed E-state index contributed by atoms with van der Waals surface area (Å²) in [6, 6.07) is 0. The Bertz CT molecular complexity index is 248. The zero-order valence-corrected chi connectivity index (χ0v) is 8.36. The van der Waals surface area contributed by atoms with Crippen molar-refractivity contribution in [2.24, 2.45) is 0 Å². The molecule has 0 bridgehead atoms. The summed E-state index contributed by atoms with van der Waals surface area (Å²) >= 11 is 1.86. The average Bonchev–Trinajstić information content (AvgIpc) is 2.75. The maximum absolute atomic E-state index is 4.63. The first-order valence-corrected chi connectivity index (χ1v) is 5.72. The number of aryl methyl sites for hydroxylation is 1. The molecule has 66 valence electrons. The van der Waals surface area contributed by atoms with Crippen LogP contribution in [0.15, 0.2) is 5.38 Å². The van der Waals surface area contributed by atoms with E-state index in [2.05, 4.69) is 17.3 Å². The van der Waals surface area contributed by atoms with Crippen molar-refractivity contribution >= 4 is 11.3 Å². The Hall–Kier alpha value is -0.370. The van der Waals surface area contributed by atoms with Gasteiger partial charge in [-0.25, -0.2) is 4.98 Å². The van der Waals surface area contributed by atoms with E-state index < -0.39 is 0 Å². The van der Waals surface area contributed by atoms with Gasteiger partial charge in [-0.15, -0.1) is 11.3 Å². The van der Waals surface area contributed by atoms with Gasteiger partial charge >= 0.3 is 0 Å². The zero-order chi connectivity index (χ0) is 8.39. The summed E-state index contributed by atoms with van der Waals surface area (Å²) in [5.41, 5.74) is 1.28. The second-order valence-corrected chi connectivity index (χ2v) is 4.40. The van der Waals surface area contributed by atoms with Crippen LogP contribution in [0.4, 0.5) is 0 Å². The molecule has 12 heavy (non-hydrogen) atoms. The Balaban J connectivity index is 2.11. The third-order valence-electron chi connectivity index (χ3n) is 2.64. The van der Waals surface area contributed by atoms with E-state index in [4.69, 9.17) is 0 Å². The summed E-state index contributed by atoms with van der Waals surface area (Å²) in [6.45, 7) is 2.17. The van der Waals surface area contributed by atoms with Crippen LogP contribution < -0.4 is 0 Å². The van der Waals surface area contributed by atoms with Gasteiger partial charge in [-0.1, -0.05) is 19.8 Å². The van der Waals surface area contributed by atoms with E-state index >= 15 is 0 Å². The summed E-state index contributed by atoms with van der Waals surface area (Å²) in [5.74, 6) is 0.801. The first kappa shape index (κ1) is 8.24. The first-order chi connectivity index (χ1) is 5.90. The standard InChI is InChI=1S/C10H15NS/c1-2-9-7-12-10(11-9)8-5-3-4-6-8/h7-8H,2-6H2,1H3. The van der Waals surface area contributed by atoms with Crippen LogP contribution in [0, 0.1) is 0 Å². The smallest absolute Gasteiger partial charge is 0.0959 e. The van der Waals surface area contributed by atoms with E-state index in [0.717, 1.165) is 12.3 Å². The number of nitrogens with zero attached hydrogens (tertiary/aromatic N) is 1. The highest BCUT2D eigenvalue weighted by molar-refractivity contribution is 7.09. The molecule has 1 heterocycles. The number of aromatic nitrogens is 1. The van der Waals surface area contributed by atoms with Gasteiger partial charge in [0.15, 0.2) is 0 Å². The Labute approximate surface area is 77.8 Å². The molecule has 0 spiro atoms. The molecule has 0 N–H and O–H groups in total. The summed E-state index contributed by atoms with van der Waals surface area (Å²) in [6.07, 6.45) is 6.65. The molecule has 1 aliphatic carbocycles. The number of rotatable bonds is 2. The molecule has 1 nitrogen and oxygen atoms in total. The van der Waals surface area contributed by atoms with Crippen LogP contribution in [0.3, 0.4) is 0 Å². The highest BCUT2D eigenvalue weighted by Gasteiger charge is 2.19. The fourth-order valence-corrected chi connectivity index (χ4v) is 2.92. The minimum Gasteiger partial charge on any atom is -0.246 e. The van der Waals surface area contributed by atoms with E-state index in [1.54, 1.807) is 0 Å². The van der Waals surface area contributed by atoms with Crippen LogP contribution >= 0.6 is 11.3 Å². The van der Waals surface area contributed by atoms with Gasteiger partial charge in [0.2, 0.25) is 0 Å². The Kier molecular flexibility index (Phi) is 2.45. The first-order valence-electron chi connectivity index (χ1n) is 4.84. The molecule has 0 saturated heterocycles. The van der Waals surface area contributed by atoms with Gasteiger partial charge in [0.05, 0.1) is 10.7 Å². The molecule has 2 heteroatoms. The molecular formula is C10H15NS. The van der Waals surface area contributed by atoms with E-state index in [1.165, 1.54) is 36.4 Å². The maximum Gasteiger partial charge on any atom is 0.0959 e. The van der Waals surface area contributed by atoms with Crippen LogP contribution in [0.5, 0.6) is 0 Å². The summed E-state index contributed by atoms with van der Waals surface area (Å²) in [7, 11) is 0. The Morgan fingerprint density at radius 1 is 1.50 bits per heavy atom. The van der Waals surface area contributed by atoms with Crippen molar-refractivity contribution in [2.75, 3.05) is 0 Å². The quantitative estimate of drug-likeness (QED) is 0.681. The highest BCUT2D eigenvalue weighted by atomic mass is 32.1. The topological polar surface area (TPSA) is 12.9 Å². The summed E-state index contributed by atoms with van der Waals surface area (Å²) < 4.78 is 0. The minimum absolute atomic E-state index is 0.801. The number of hydrogen-bond acceptors (Lipinski definition) is 2. The molecule has 0 atom stereocenters. The fraction of sp³-hybridized carbons (Fsp3) is 0.700. The van der Waals surface area contributed by atoms with Gasteiger partial charge in [0, 0.05) is 11.3 Å². The molecule has 1 aliphatic rings. The van der Waals surface area contributed by atoms with Crippen LogP contribution in [0.1, 0.15) is 49.2 Å². The molecule has 2 rings (SSSR count). The molecular weight excluding hydrogens is 166 g/mol. The molecule has 0 aromatic carbocycles. The molecule has 1 aromatic rings. The molecule has 0 aliphatic heterocycles. The van der Waals surface area contributed by atoms with Gasteiger partial charge in [-0.2, -0.15) is 0 Å². The van der Waals surface area contributed by atoms with Gasteiger partial charge < -0.3 is 0 Å². The predicted molar refractivity (Wildman–Crippen MR) is 52.7 cm³/mol. The molecule has 1 aromatic heterocycles. The van der Waals surface area contributed by atoms with Crippen LogP contribution in [0.25, 0.3) is 0 Å². The van der Waals surface area contributed by atoms with Gasteiger partial charge in [-0.3, -0.25) is 0 Å². The SMILES string of the molecule is CCc1csc(C2CCCC2)n1. The van der Waals surface area contributed by atoms with Crippen LogP contribution in [-0.2, 0) is 6.42 Å². The molecule has 1 fully saturated rings. The largest absolute Gasteiger partial charge is 0.246 e. The predicted octanol–water partition coefficient (Wildman–Crippen LogP) is 3.36. The van der Waals surface area contributed by atoms with Gasteiger partial charge in [-0.05, 0) is 19.3 Å². The maximum atomic E-state index is 4.63.